The van der Waals surface area contributed by atoms with E-state index in [9.17, 15) is 9.90 Å². The van der Waals surface area contributed by atoms with Crippen LogP contribution in [0.25, 0.3) is 0 Å². The highest BCUT2D eigenvalue weighted by atomic mass is 16.5. The molecule has 0 spiro atoms. The summed E-state index contributed by atoms with van der Waals surface area (Å²) in [5.41, 5.74) is 6.69. The number of fused-ring (bicyclic) bond motifs is 1. The van der Waals surface area contributed by atoms with Crippen LogP contribution in [0.15, 0.2) is 0 Å². The quantitative estimate of drug-likeness (QED) is 0.811. The lowest BCUT2D eigenvalue weighted by atomic mass is 10.0. The molecule has 0 bridgehead atoms. The Morgan fingerprint density at radius 1 is 1.32 bits per heavy atom. The van der Waals surface area contributed by atoms with E-state index in [1.165, 1.54) is 0 Å². The van der Waals surface area contributed by atoms with Gasteiger partial charge in [0, 0.05) is 0 Å². The number of rotatable bonds is 3. The number of hydrogen-bond acceptors (Lipinski definition) is 6. The molecular formula is C15H22N4O3. The van der Waals surface area contributed by atoms with Crippen LogP contribution in [0.4, 0.5) is 5.95 Å². The van der Waals surface area contributed by atoms with Gasteiger partial charge in [0.15, 0.2) is 0 Å². The Hall–Kier alpha value is -1.89. The van der Waals surface area contributed by atoms with Crippen LogP contribution in [0.3, 0.4) is 0 Å². The second kappa shape index (κ2) is 6.08. The molecule has 120 valence electrons. The number of nitrogen functional groups attached to an aromatic ring is 1. The van der Waals surface area contributed by atoms with Gasteiger partial charge in [-0.15, -0.1) is 0 Å². The van der Waals surface area contributed by atoms with Gasteiger partial charge in [0.1, 0.15) is 5.56 Å². The molecule has 2 aliphatic rings. The van der Waals surface area contributed by atoms with E-state index in [1.807, 2.05) is 6.92 Å². The van der Waals surface area contributed by atoms with E-state index in [2.05, 4.69) is 9.97 Å². The summed E-state index contributed by atoms with van der Waals surface area (Å²) < 4.78 is 5.45. The molecule has 7 heteroatoms. The maximum Gasteiger partial charge on any atom is 0.261 e. The standard InChI is InChI=1S/C15H22N4O3/c1-2-22-13-12-9(17-15(16)18-13)8-19(14(12)21)10-6-4-3-5-7-11(10)20/h10-11,20H,2-8H2,1H3,(H2,16,17,18). The molecule has 7 nitrogen and oxygen atoms in total. The maximum absolute atomic E-state index is 12.8. The van der Waals surface area contributed by atoms with E-state index >= 15 is 0 Å². The van der Waals surface area contributed by atoms with Crippen LogP contribution in [-0.2, 0) is 6.54 Å². The van der Waals surface area contributed by atoms with Gasteiger partial charge >= 0.3 is 0 Å². The van der Waals surface area contributed by atoms with Crippen LogP contribution in [0.5, 0.6) is 5.88 Å². The largest absolute Gasteiger partial charge is 0.477 e. The van der Waals surface area contributed by atoms with Crippen LogP contribution in [0.2, 0.25) is 0 Å². The summed E-state index contributed by atoms with van der Waals surface area (Å²) in [6.07, 6.45) is 4.18. The average Bonchev–Trinajstić information content (AvgIpc) is 2.66. The minimum absolute atomic E-state index is 0.110. The highest BCUT2D eigenvalue weighted by Gasteiger charge is 2.40. The molecule has 2 atom stereocenters. The van der Waals surface area contributed by atoms with Crippen molar-refractivity contribution in [3.05, 3.63) is 11.3 Å². The van der Waals surface area contributed by atoms with Gasteiger partial charge in [-0.2, -0.15) is 4.98 Å². The van der Waals surface area contributed by atoms with Gasteiger partial charge in [0.2, 0.25) is 11.8 Å². The zero-order valence-corrected chi connectivity index (χ0v) is 12.8. The number of nitrogens with zero attached hydrogens (tertiary/aromatic N) is 3. The first-order valence-corrected chi connectivity index (χ1v) is 7.90. The van der Waals surface area contributed by atoms with Crippen LogP contribution < -0.4 is 10.5 Å². The number of carbonyl (C=O) groups is 1. The van der Waals surface area contributed by atoms with Gasteiger partial charge < -0.3 is 20.5 Å². The van der Waals surface area contributed by atoms with Gasteiger partial charge in [0.05, 0.1) is 31.0 Å². The van der Waals surface area contributed by atoms with E-state index in [4.69, 9.17) is 10.5 Å². The number of hydrogen-bond donors (Lipinski definition) is 2. The number of nitrogens with two attached hydrogens (primary N) is 1. The molecule has 1 saturated carbocycles. The molecule has 1 aromatic heterocycles. The molecule has 0 radical (unpaired) electrons. The van der Waals surface area contributed by atoms with Crippen molar-refractivity contribution in [2.45, 2.75) is 57.7 Å². The Balaban J connectivity index is 1.91. The molecule has 1 aliphatic heterocycles. The highest BCUT2D eigenvalue weighted by Crippen LogP contribution is 2.33. The fraction of sp³-hybridized carbons (Fsp3) is 0.667. The van der Waals surface area contributed by atoms with Crippen molar-refractivity contribution in [3.8, 4) is 5.88 Å². The van der Waals surface area contributed by atoms with E-state index in [1.54, 1.807) is 4.90 Å². The van der Waals surface area contributed by atoms with Crippen LogP contribution in [0.1, 0.15) is 55.1 Å². The summed E-state index contributed by atoms with van der Waals surface area (Å²) in [4.78, 5) is 22.7. The summed E-state index contributed by atoms with van der Waals surface area (Å²) in [5.74, 6) is 0.197. The number of anilines is 1. The molecule has 0 saturated heterocycles. The summed E-state index contributed by atoms with van der Waals surface area (Å²) in [5, 5.41) is 10.3. The van der Waals surface area contributed by atoms with E-state index in [-0.39, 0.29) is 23.8 Å². The zero-order chi connectivity index (χ0) is 15.7. The Kier molecular flexibility index (Phi) is 4.15. The maximum atomic E-state index is 12.8. The van der Waals surface area contributed by atoms with Crippen LogP contribution in [0, 0.1) is 0 Å². The first-order valence-electron chi connectivity index (χ1n) is 7.90. The number of aromatic nitrogens is 2. The molecule has 2 heterocycles. The third-order valence-electron chi connectivity index (χ3n) is 4.39. The second-order valence-electron chi connectivity index (χ2n) is 5.85. The fourth-order valence-electron chi connectivity index (χ4n) is 3.35. The lowest BCUT2D eigenvalue weighted by Gasteiger charge is -2.30. The number of ether oxygens (including phenoxy) is 1. The first-order chi connectivity index (χ1) is 10.6. The molecule has 1 amide bonds. The van der Waals surface area contributed by atoms with Crippen LogP contribution >= 0.6 is 0 Å². The minimum Gasteiger partial charge on any atom is -0.477 e. The van der Waals surface area contributed by atoms with Crippen molar-refractivity contribution in [2.24, 2.45) is 0 Å². The highest BCUT2D eigenvalue weighted by molar-refractivity contribution is 6.00. The van der Waals surface area contributed by atoms with Crippen molar-refractivity contribution in [1.82, 2.24) is 14.9 Å². The van der Waals surface area contributed by atoms with Gasteiger partial charge in [-0.25, -0.2) is 4.98 Å². The molecule has 1 fully saturated rings. The average molecular weight is 306 g/mol. The molecule has 1 aromatic rings. The molecular weight excluding hydrogens is 284 g/mol. The predicted octanol–water partition coefficient (Wildman–Crippen LogP) is 1.11. The Labute approximate surface area is 129 Å². The van der Waals surface area contributed by atoms with Gasteiger partial charge in [-0.3, -0.25) is 4.79 Å². The Bertz CT molecular complexity index is 578. The van der Waals surface area contributed by atoms with E-state index in [0.29, 0.717) is 24.4 Å². The Morgan fingerprint density at radius 3 is 2.86 bits per heavy atom. The first kappa shape index (κ1) is 15.0. The number of amides is 1. The molecule has 1 aliphatic carbocycles. The summed E-state index contributed by atoms with van der Waals surface area (Å²) >= 11 is 0. The fourth-order valence-corrected chi connectivity index (χ4v) is 3.35. The predicted molar refractivity (Wildman–Crippen MR) is 80.4 cm³/mol. The number of carbonyl (C=O) groups excluding carboxylic acids is 1. The minimum atomic E-state index is -0.485. The SMILES string of the molecule is CCOc1nc(N)nc2c1C(=O)N(C1CCCCCC1O)C2. The van der Waals surface area contributed by atoms with Gasteiger partial charge in [-0.05, 0) is 19.8 Å². The van der Waals surface area contributed by atoms with Crippen LogP contribution in [-0.4, -0.2) is 44.6 Å². The normalized spacial score (nSPS) is 25.0. The summed E-state index contributed by atoms with van der Waals surface area (Å²) in [6, 6.07) is -0.167. The number of aliphatic hydroxyl groups excluding tert-OH is 1. The van der Waals surface area contributed by atoms with Crippen molar-refractivity contribution in [2.75, 3.05) is 12.3 Å². The topological polar surface area (TPSA) is 102 Å². The zero-order valence-electron chi connectivity index (χ0n) is 12.8. The van der Waals surface area contributed by atoms with Gasteiger partial charge in [0.25, 0.3) is 5.91 Å². The molecule has 3 rings (SSSR count). The smallest absolute Gasteiger partial charge is 0.261 e. The summed E-state index contributed by atoms with van der Waals surface area (Å²) in [6.45, 7) is 2.60. The lowest BCUT2D eigenvalue weighted by molar-refractivity contribution is 0.0343. The van der Waals surface area contributed by atoms with E-state index in [0.717, 1.165) is 32.1 Å². The van der Waals surface area contributed by atoms with Crippen molar-refractivity contribution >= 4 is 11.9 Å². The van der Waals surface area contributed by atoms with Gasteiger partial charge in [-0.1, -0.05) is 19.3 Å². The van der Waals surface area contributed by atoms with E-state index < -0.39 is 6.10 Å². The number of aliphatic hydroxyl groups is 1. The van der Waals surface area contributed by atoms with Crippen molar-refractivity contribution in [3.63, 3.8) is 0 Å². The lowest BCUT2D eigenvalue weighted by Crippen LogP contribution is -2.43. The Morgan fingerprint density at radius 2 is 2.09 bits per heavy atom. The van der Waals surface area contributed by atoms with Crippen molar-refractivity contribution < 1.29 is 14.6 Å². The third kappa shape index (κ3) is 2.61. The van der Waals surface area contributed by atoms with Crippen molar-refractivity contribution in [1.29, 1.82) is 0 Å². The summed E-state index contributed by atoms with van der Waals surface area (Å²) in [7, 11) is 0. The molecule has 0 aromatic carbocycles. The third-order valence-corrected chi connectivity index (χ3v) is 4.39. The molecule has 2 unspecified atom stereocenters. The molecule has 3 N–H and O–H groups in total. The monoisotopic (exact) mass is 306 g/mol. The molecule has 22 heavy (non-hydrogen) atoms. The second-order valence-corrected chi connectivity index (χ2v) is 5.85.